The van der Waals surface area contributed by atoms with Gasteiger partial charge in [-0.05, 0) is 23.6 Å². The monoisotopic (exact) mass is 345 g/mol. The molecule has 0 saturated heterocycles. The number of aromatic nitrogens is 4. The minimum Gasteiger partial charge on any atom is -0.338 e. The number of benzene rings is 1. The fourth-order valence-corrected chi connectivity index (χ4v) is 3.16. The summed E-state index contributed by atoms with van der Waals surface area (Å²) in [6.07, 6.45) is 6.29. The van der Waals surface area contributed by atoms with Crippen molar-refractivity contribution in [3.63, 3.8) is 0 Å². The van der Waals surface area contributed by atoms with Crippen LogP contribution in [0.15, 0.2) is 65.9 Å². The summed E-state index contributed by atoms with van der Waals surface area (Å²) in [6.45, 7) is 1.54. The first-order chi connectivity index (χ1) is 12.7. The van der Waals surface area contributed by atoms with E-state index in [-0.39, 0.29) is 5.56 Å². The van der Waals surface area contributed by atoms with Gasteiger partial charge in [0.1, 0.15) is 6.33 Å². The van der Waals surface area contributed by atoms with Crippen molar-refractivity contribution < 1.29 is 0 Å². The Balaban J connectivity index is 1.71. The number of rotatable bonds is 3. The molecule has 0 spiro atoms. The third-order valence-corrected chi connectivity index (χ3v) is 4.53. The van der Waals surface area contributed by atoms with Crippen LogP contribution in [0.3, 0.4) is 0 Å². The lowest BCUT2D eigenvalue weighted by Crippen LogP contribution is -2.35. The van der Waals surface area contributed by atoms with Gasteiger partial charge in [0.25, 0.3) is 5.56 Å². The molecule has 0 N–H and O–H groups in total. The van der Waals surface area contributed by atoms with E-state index in [0.717, 1.165) is 19.5 Å². The average Bonchev–Trinajstić information content (AvgIpc) is 2.71. The van der Waals surface area contributed by atoms with Crippen LogP contribution in [0, 0.1) is 0 Å². The zero-order valence-corrected chi connectivity index (χ0v) is 14.5. The van der Waals surface area contributed by atoms with Crippen molar-refractivity contribution >= 4 is 11.5 Å². The molecule has 1 aromatic carbocycles. The quantitative estimate of drug-likeness (QED) is 0.730. The van der Waals surface area contributed by atoms with E-state index in [1.165, 1.54) is 23.5 Å². The Kier molecular flexibility index (Phi) is 4.31. The van der Waals surface area contributed by atoms with Gasteiger partial charge in [-0.15, -0.1) is 0 Å². The van der Waals surface area contributed by atoms with Gasteiger partial charge in [0, 0.05) is 32.4 Å². The summed E-state index contributed by atoms with van der Waals surface area (Å²) in [4.78, 5) is 27.5. The van der Waals surface area contributed by atoms with Crippen LogP contribution in [0.4, 0.5) is 5.95 Å². The van der Waals surface area contributed by atoms with E-state index in [1.807, 2.05) is 18.2 Å². The van der Waals surface area contributed by atoms with Gasteiger partial charge in [0.2, 0.25) is 5.95 Å². The molecule has 2 aromatic heterocycles. The van der Waals surface area contributed by atoms with E-state index in [9.17, 15) is 4.79 Å². The standard InChI is InChI=1S/C20H19N5O/c1-24-19(26)12-18(17-9-10-21-14-22-17)23-20(24)25-11-5-8-16(13-25)15-6-3-2-4-7-15/h2-4,6-10,12,14H,5,11,13H2,1H3. The average molecular weight is 345 g/mol. The summed E-state index contributed by atoms with van der Waals surface area (Å²) in [5, 5.41) is 0. The highest BCUT2D eigenvalue weighted by Crippen LogP contribution is 2.24. The lowest BCUT2D eigenvalue weighted by Gasteiger charge is -2.29. The lowest BCUT2D eigenvalue weighted by molar-refractivity contribution is 0.726. The van der Waals surface area contributed by atoms with Gasteiger partial charge in [-0.25, -0.2) is 15.0 Å². The molecule has 0 aliphatic carbocycles. The van der Waals surface area contributed by atoms with Crippen molar-refractivity contribution in [2.45, 2.75) is 6.42 Å². The molecule has 0 atom stereocenters. The number of nitrogens with zero attached hydrogens (tertiary/aromatic N) is 5. The predicted octanol–water partition coefficient (Wildman–Crippen LogP) is 2.53. The van der Waals surface area contributed by atoms with Crippen LogP contribution in [-0.2, 0) is 7.05 Å². The molecule has 6 nitrogen and oxygen atoms in total. The smallest absolute Gasteiger partial charge is 0.255 e. The zero-order valence-electron chi connectivity index (χ0n) is 14.5. The third kappa shape index (κ3) is 3.13. The number of anilines is 1. The molecule has 0 saturated carbocycles. The Morgan fingerprint density at radius 1 is 1.08 bits per heavy atom. The second-order valence-corrected chi connectivity index (χ2v) is 6.24. The van der Waals surface area contributed by atoms with Gasteiger partial charge >= 0.3 is 0 Å². The molecule has 0 unspecified atom stereocenters. The van der Waals surface area contributed by atoms with Crippen molar-refractivity contribution in [3.05, 3.63) is 77.0 Å². The molecule has 26 heavy (non-hydrogen) atoms. The first-order valence-electron chi connectivity index (χ1n) is 8.56. The van der Waals surface area contributed by atoms with Crippen LogP contribution >= 0.6 is 0 Å². The number of hydrogen-bond donors (Lipinski definition) is 0. The van der Waals surface area contributed by atoms with Crippen LogP contribution in [-0.4, -0.2) is 32.6 Å². The third-order valence-electron chi connectivity index (χ3n) is 4.53. The zero-order chi connectivity index (χ0) is 17.9. The molecule has 1 aliphatic rings. The molecule has 0 bridgehead atoms. The number of hydrogen-bond acceptors (Lipinski definition) is 5. The van der Waals surface area contributed by atoms with Gasteiger partial charge in [-0.3, -0.25) is 9.36 Å². The van der Waals surface area contributed by atoms with Crippen molar-refractivity contribution in [1.82, 2.24) is 19.5 Å². The van der Waals surface area contributed by atoms with Crippen LogP contribution in [0.25, 0.3) is 17.0 Å². The summed E-state index contributed by atoms with van der Waals surface area (Å²) in [5.41, 5.74) is 3.57. The van der Waals surface area contributed by atoms with Crippen molar-refractivity contribution in [2.75, 3.05) is 18.0 Å². The minimum atomic E-state index is -0.0978. The predicted molar refractivity (Wildman–Crippen MR) is 102 cm³/mol. The molecular weight excluding hydrogens is 326 g/mol. The van der Waals surface area contributed by atoms with Crippen LogP contribution in [0.2, 0.25) is 0 Å². The van der Waals surface area contributed by atoms with Crippen molar-refractivity contribution in [1.29, 1.82) is 0 Å². The van der Waals surface area contributed by atoms with Crippen molar-refractivity contribution in [2.24, 2.45) is 7.05 Å². The van der Waals surface area contributed by atoms with E-state index >= 15 is 0 Å². The maximum Gasteiger partial charge on any atom is 0.255 e. The Hall–Kier alpha value is -3.28. The first-order valence-corrected chi connectivity index (χ1v) is 8.56. The summed E-state index contributed by atoms with van der Waals surface area (Å²) in [5.74, 6) is 0.660. The Morgan fingerprint density at radius 2 is 1.92 bits per heavy atom. The maximum absolute atomic E-state index is 12.5. The van der Waals surface area contributed by atoms with Gasteiger partial charge in [-0.1, -0.05) is 36.4 Å². The normalized spacial score (nSPS) is 14.2. The first kappa shape index (κ1) is 16.2. The van der Waals surface area contributed by atoms with E-state index in [2.05, 4.69) is 33.1 Å². The summed E-state index contributed by atoms with van der Waals surface area (Å²) < 4.78 is 1.60. The summed E-state index contributed by atoms with van der Waals surface area (Å²) in [7, 11) is 1.76. The second kappa shape index (κ2) is 6.92. The maximum atomic E-state index is 12.5. The molecule has 3 aromatic rings. The van der Waals surface area contributed by atoms with Gasteiger partial charge in [-0.2, -0.15) is 0 Å². The van der Waals surface area contributed by atoms with E-state index in [1.54, 1.807) is 23.9 Å². The Bertz CT molecular complexity index is 996. The molecule has 0 fully saturated rings. The summed E-state index contributed by atoms with van der Waals surface area (Å²) >= 11 is 0. The molecular formula is C20H19N5O. The van der Waals surface area contributed by atoms with Gasteiger partial charge in [0.05, 0.1) is 11.4 Å². The summed E-state index contributed by atoms with van der Waals surface area (Å²) in [6, 6.07) is 13.6. The van der Waals surface area contributed by atoms with E-state index in [0.29, 0.717) is 17.3 Å². The van der Waals surface area contributed by atoms with Crippen LogP contribution in [0.1, 0.15) is 12.0 Å². The molecule has 1 aliphatic heterocycles. The van der Waals surface area contributed by atoms with E-state index < -0.39 is 0 Å². The highest BCUT2D eigenvalue weighted by atomic mass is 16.1. The molecule has 0 amide bonds. The van der Waals surface area contributed by atoms with Crippen LogP contribution in [0.5, 0.6) is 0 Å². The lowest BCUT2D eigenvalue weighted by atomic mass is 10.0. The van der Waals surface area contributed by atoms with Gasteiger partial charge in [0.15, 0.2) is 0 Å². The minimum absolute atomic E-state index is 0.0978. The highest BCUT2D eigenvalue weighted by molar-refractivity contribution is 5.71. The highest BCUT2D eigenvalue weighted by Gasteiger charge is 2.19. The molecule has 4 rings (SSSR count). The molecule has 3 heterocycles. The Morgan fingerprint density at radius 3 is 2.69 bits per heavy atom. The fraction of sp³-hybridized carbons (Fsp3) is 0.200. The molecule has 130 valence electrons. The fourth-order valence-electron chi connectivity index (χ4n) is 3.16. The SMILES string of the molecule is Cn1c(N2CCC=C(c3ccccc3)C2)nc(-c2ccncn2)cc1=O. The topological polar surface area (TPSA) is 63.9 Å². The van der Waals surface area contributed by atoms with Crippen LogP contribution < -0.4 is 10.5 Å². The molecule has 0 radical (unpaired) electrons. The van der Waals surface area contributed by atoms with Crippen molar-refractivity contribution in [3.8, 4) is 11.4 Å². The van der Waals surface area contributed by atoms with Gasteiger partial charge < -0.3 is 4.90 Å². The second-order valence-electron chi connectivity index (χ2n) is 6.24. The molecule has 6 heteroatoms. The van der Waals surface area contributed by atoms with E-state index in [4.69, 9.17) is 4.98 Å². The Labute approximate surface area is 151 Å². The largest absolute Gasteiger partial charge is 0.338 e.